The molecule has 0 spiro atoms. The first kappa shape index (κ1) is 19.4. The van der Waals surface area contributed by atoms with Gasteiger partial charge in [0.1, 0.15) is 5.75 Å². The molecule has 1 saturated heterocycles. The maximum Gasteiger partial charge on any atom is 0.222 e. The molecule has 2 heterocycles. The summed E-state index contributed by atoms with van der Waals surface area (Å²) in [5.41, 5.74) is 3.16. The fourth-order valence-electron chi connectivity index (χ4n) is 3.42. The van der Waals surface area contributed by atoms with Gasteiger partial charge in [0.05, 0.1) is 25.5 Å². The van der Waals surface area contributed by atoms with Crippen LogP contribution in [0.5, 0.6) is 5.75 Å². The van der Waals surface area contributed by atoms with Gasteiger partial charge >= 0.3 is 0 Å². The number of aryl methyl sites for hydroxylation is 2. The molecule has 2 aromatic rings. The van der Waals surface area contributed by atoms with Crippen molar-refractivity contribution in [3.8, 4) is 5.75 Å². The second kappa shape index (κ2) is 9.51. The number of nitrogens with zero attached hydrogens (tertiary/aromatic N) is 2. The Balaban J connectivity index is 1.48. The molecule has 1 unspecified atom stereocenters. The van der Waals surface area contributed by atoms with Crippen LogP contribution in [0, 0.1) is 6.92 Å². The summed E-state index contributed by atoms with van der Waals surface area (Å²) in [4.78, 5) is 18.9. The molecule has 5 nitrogen and oxygen atoms in total. The van der Waals surface area contributed by atoms with Crippen LogP contribution in [0.4, 0.5) is 0 Å². The Hall–Kier alpha value is -2.40. The van der Waals surface area contributed by atoms with Gasteiger partial charge in [-0.25, -0.2) is 0 Å². The van der Waals surface area contributed by atoms with Gasteiger partial charge in [0.25, 0.3) is 0 Å². The fourth-order valence-corrected chi connectivity index (χ4v) is 3.42. The Morgan fingerprint density at radius 3 is 2.96 bits per heavy atom. The Labute approximate surface area is 161 Å². The Kier molecular flexibility index (Phi) is 6.82. The van der Waals surface area contributed by atoms with E-state index >= 15 is 0 Å². The summed E-state index contributed by atoms with van der Waals surface area (Å²) in [6, 6.07) is 12.0. The lowest BCUT2D eigenvalue weighted by atomic mass is 10.0. The summed E-state index contributed by atoms with van der Waals surface area (Å²) in [5.74, 6) is 1.07. The van der Waals surface area contributed by atoms with E-state index in [1.807, 2.05) is 42.2 Å². The van der Waals surface area contributed by atoms with Crippen LogP contribution in [0.2, 0.25) is 0 Å². The van der Waals surface area contributed by atoms with Crippen molar-refractivity contribution in [2.24, 2.45) is 0 Å². The van der Waals surface area contributed by atoms with Gasteiger partial charge in [-0.15, -0.1) is 0 Å². The molecule has 0 aliphatic carbocycles. The van der Waals surface area contributed by atoms with Crippen molar-refractivity contribution < 1.29 is 14.3 Å². The van der Waals surface area contributed by atoms with Crippen molar-refractivity contribution in [3.63, 3.8) is 0 Å². The third-order valence-electron chi connectivity index (χ3n) is 5.02. The number of ether oxygens (including phenoxy) is 2. The second-order valence-corrected chi connectivity index (χ2v) is 7.04. The van der Waals surface area contributed by atoms with Crippen LogP contribution in [0.15, 0.2) is 42.6 Å². The van der Waals surface area contributed by atoms with Crippen LogP contribution < -0.4 is 4.74 Å². The quantitative estimate of drug-likeness (QED) is 0.750. The minimum atomic E-state index is 0.0872. The van der Waals surface area contributed by atoms with Crippen molar-refractivity contribution in [2.75, 3.05) is 20.2 Å². The lowest BCUT2D eigenvalue weighted by molar-refractivity contribution is -0.135. The number of carbonyl (C=O) groups is 1. The molecular weight excluding hydrogens is 340 g/mol. The highest BCUT2D eigenvalue weighted by Gasteiger charge is 2.24. The molecule has 0 N–H and O–H groups in total. The highest BCUT2D eigenvalue weighted by atomic mass is 16.5. The van der Waals surface area contributed by atoms with Crippen molar-refractivity contribution in [3.05, 3.63) is 59.4 Å². The molecule has 1 aromatic heterocycles. The molecule has 1 atom stereocenters. The molecule has 1 amide bonds. The number of hydrogen-bond acceptors (Lipinski definition) is 4. The molecule has 1 aromatic carbocycles. The number of piperidine rings is 1. The SMILES string of the molecule is COc1cc(CCC(=O)N2CCCC(OCc3ccccn3)C2)ccc1C. The fraction of sp³-hybridized carbons (Fsp3) is 0.455. The van der Waals surface area contributed by atoms with Gasteiger partial charge in [-0.3, -0.25) is 9.78 Å². The summed E-state index contributed by atoms with van der Waals surface area (Å²) < 4.78 is 11.4. The van der Waals surface area contributed by atoms with Crippen molar-refractivity contribution in [1.29, 1.82) is 0 Å². The number of hydrogen-bond donors (Lipinski definition) is 0. The van der Waals surface area contributed by atoms with Crippen LogP contribution in [0.1, 0.15) is 36.1 Å². The molecule has 0 saturated carbocycles. The number of carbonyl (C=O) groups excluding carboxylic acids is 1. The lowest BCUT2D eigenvalue weighted by Gasteiger charge is -2.32. The second-order valence-electron chi connectivity index (χ2n) is 7.04. The maximum absolute atomic E-state index is 12.6. The largest absolute Gasteiger partial charge is 0.496 e. The van der Waals surface area contributed by atoms with E-state index in [1.54, 1.807) is 13.3 Å². The number of likely N-dealkylation sites (tertiary alicyclic amines) is 1. The predicted molar refractivity (Wildman–Crippen MR) is 105 cm³/mol. The number of pyridine rings is 1. The first-order valence-electron chi connectivity index (χ1n) is 9.58. The number of rotatable bonds is 7. The number of amides is 1. The Morgan fingerprint density at radius 1 is 1.30 bits per heavy atom. The van der Waals surface area contributed by atoms with E-state index in [2.05, 4.69) is 11.1 Å². The highest BCUT2D eigenvalue weighted by Crippen LogP contribution is 2.21. The van der Waals surface area contributed by atoms with E-state index in [0.717, 1.165) is 48.4 Å². The minimum absolute atomic E-state index is 0.0872. The minimum Gasteiger partial charge on any atom is -0.496 e. The van der Waals surface area contributed by atoms with Gasteiger partial charge < -0.3 is 14.4 Å². The third-order valence-corrected chi connectivity index (χ3v) is 5.02. The zero-order chi connectivity index (χ0) is 19.1. The average molecular weight is 368 g/mol. The van der Waals surface area contributed by atoms with Gasteiger partial charge in [-0.2, -0.15) is 0 Å². The molecule has 144 valence electrons. The first-order valence-corrected chi connectivity index (χ1v) is 9.58. The Bertz CT molecular complexity index is 748. The standard InChI is InChI=1S/C22H28N2O3/c1-17-8-9-18(14-21(17)26-2)10-11-22(25)24-13-5-7-20(15-24)27-16-19-6-3-4-12-23-19/h3-4,6,8-9,12,14,20H,5,7,10-11,13,15-16H2,1-2H3. The average Bonchev–Trinajstić information content (AvgIpc) is 2.72. The summed E-state index contributed by atoms with van der Waals surface area (Å²) in [6.45, 7) is 4.01. The maximum atomic E-state index is 12.6. The van der Waals surface area contributed by atoms with Crippen LogP contribution in [0.25, 0.3) is 0 Å². The summed E-state index contributed by atoms with van der Waals surface area (Å²) >= 11 is 0. The van der Waals surface area contributed by atoms with Crippen molar-refractivity contribution in [1.82, 2.24) is 9.88 Å². The molecule has 1 aliphatic rings. The van der Waals surface area contributed by atoms with E-state index in [9.17, 15) is 4.79 Å². The summed E-state index contributed by atoms with van der Waals surface area (Å²) in [7, 11) is 1.68. The molecule has 1 fully saturated rings. The molecule has 5 heteroatoms. The predicted octanol–water partition coefficient (Wildman–Crippen LogP) is 3.54. The van der Waals surface area contributed by atoms with Crippen LogP contribution >= 0.6 is 0 Å². The third kappa shape index (κ3) is 5.54. The molecule has 0 bridgehead atoms. The van der Waals surface area contributed by atoms with E-state index in [-0.39, 0.29) is 12.0 Å². The topological polar surface area (TPSA) is 51.7 Å². The molecular formula is C22H28N2O3. The molecule has 3 rings (SSSR count). The summed E-state index contributed by atoms with van der Waals surface area (Å²) in [5, 5.41) is 0. The van der Waals surface area contributed by atoms with Crippen molar-refractivity contribution in [2.45, 2.75) is 45.3 Å². The van der Waals surface area contributed by atoms with Gasteiger partial charge in [0.15, 0.2) is 0 Å². The smallest absolute Gasteiger partial charge is 0.222 e. The van der Waals surface area contributed by atoms with Crippen molar-refractivity contribution >= 4 is 5.91 Å². The zero-order valence-corrected chi connectivity index (χ0v) is 16.2. The number of aromatic nitrogens is 1. The highest BCUT2D eigenvalue weighted by molar-refractivity contribution is 5.76. The van der Waals surface area contributed by atoms with Gasteiger partial charge in [-0.05, 0) is 55.5 Å². The van der Waals surface area contributed by atoms with Gasteiger partial charge in [0, 0.05) is 25.7 Å². The van der Waals surface area contributed by atoms with Gasteiger partial charge in [0.2, 0.25) is 5.91 Å². The van der Waals surface area contributed by atoms with E-state index < -0.39 is 0 Å². The normalized spacial score (nSPS) is 17.0. The Morgan fingerprint density at radius 2 is 2.19 bits per heavy atom. The van der Waals surface area contributed by atoms with Gasteiger partial charge in [-0.1, -0.05) is 18.2 Å². The molecule has 1 aliphatic heterocycles. The molecule has 27 heavy (non-hydrogen) atoms. The first-order chi connectivity index (χ1) is 13.2. The molecule has 0 radical (unpaired) electrons. The lowest BCUT2D eigenvalue weighted by Crippen LogP contribution is -2.43. The number of benzene rings is 1. The van der Waals surface area contributed by atoms with Crippen LogP contribution in [-0.4, -0.2) is 42.1 Å². The summed E-state index contributed by atoms with van der Waals surface area (Å²) in [6.07, 6.45) is 5.08. The van der Waals surface area contributed by atoms with Crippen LogP contribution in [0.3, 0.4) is 0 Å². The van der Waals surface area contributed by atoms with E-state index in [1.165, 1.54) is 0 Å². The number of methoxy groups -OCH3 is 1. The van der Waals surface area contributed by atoms with E-state index in [4.69, 9.17) is 9.47 Å². The monoisotopic (exact) mass is 368 g/mol. The van der Waals surface area contributed by atoms with E-state index in [0.29, 0.717) is 19.6 Å². The zero-order valence-electron chi connectivity index (χ0n) is 16.2. The van der Waals surface area contributed by atoms with Crippen LogP contribution in [-0.2, 0) is 22.6 Å².